The molecule has 0 saturated carbocycles. The Morgan fingerprint density at radius 1 is 1.09 bits per heavy atom. The minimum absolute atomic E-state index is 0.166. The smallest absolute Gasteiger partial charge is 0.257 e. The second-order valence-electron chi connectivity index (χ2n) is 4.89. The van der Waals surface area contributed by atoms with Crippen LogP contribution < -0.4 is 10.0 Å². The molecule has 0 aromatic heterocycles. The van der Waals surface area contributed by atoms with Gasteiger partial charge in [-0.25, -0.2) is 8.42 Å². The maximum absolute atomic E-state index is 12.2. The SMILES string of the molecule is Cc1cccc(NC(=O)c2ccc(NS(C)(=O)=O)cc2Cl)c1. The molecule has 0 fully saturated rings. The molecule has 0 aliphatic rings. The summed E-state index contributed by atoms with van der Waals surface area (Å²) in [5, 5.41) is 2.91. The summed E-state index contributed by atoms with van der Waals surface area (Å²) >= 11 is 6.05. The molecular formula is C15H15ClN2O3S. The van der Waals surface area contributed by atoms with E-state index in [-0.39, 0.29) is 16.5 Å². The second-order valence-corrected chi connectivity index (χ2v) is 7.05. The molecule has 7 heteroatoms. The molecule has 2 rings (SSSR count). The van der Waals surface area contributed by atoms with E-state index >= 15 is 0 Å². The monoisotopic (exact) mass is 338 g/mol. The van der Waals surface area contributed by atoms with Crippen LogP contribution in [0.5, 0.6) is 0 Å². The highest BCUT2D eigenvalue weighted by Gasteiger charge is 2.12. The Morgan fingerprint density at radius 3 is 2.41 bits per heavy atom. The van der Waals surface area contributed by atoms with Gasteiger partial charge in [0.2, 0.25) is 10.0 Å². The number of benzene rings is 2. The summed E-state index contributed by atoms with van der Waals surface area (Å²) in [6.07, 6.45) is 1.04. The number of hydrogen-bond acceptors (Lipinski definition) is 3. The topological polar surface area (TPSA) is 75.3 Å². The number of sulfonamides is 1. The lowest BCUT2D eigenvalue weighted by atomic mass is 10.1. The molecule has 0 unspecified atom stereocenters. The van der Waals surface area contributed by atoms with E-state index < -0.39 is 10.0 Å². The van der Waals surface area contributed by atoms with Crippen molar-refractivity contribution in [1.82, 2.24) is 0 Å². The molecule has 0 radical (unpaired) electrons. The van der Waals surface area contributed by atoms with Gasteiger partial charge in [-0.1, -0.05) is 23.7 Å². The summed E-state index contributed by atoms with van der Waals surface area (Å²) in [6, 6.07) is 11.7. The van der Waals surface area contributed by atoms with Crippen molar-refractivity contribution in [3.63, 3.8) is 0 Å². The lowest BCUT2D eigenvalue weighted by molar-refractivity contribution is 0.102. The summed E-state index contributed by atoms with van der Waals surface area (Å²) in [5.41, 5.74) is 2.26. The van der Waals surface area contributed by atoms with Gasteiger partial charge in [0.05, 0.1) is 16.8 Å². The van der Waals surface area contributed by atoms with Gasteiger partial charge in [-0.05, 0) is 42.8 Å². The maximum Gasteiger partial charge on any atom is 0.257 e. The summed E-state index contributed by atoms with van der Waals surface area (Å²) in [4.78, 5) is 12.2. The molecule has 1 amide bonds. The number of aryl methyl sites for hydroxylation is 1. The summed E-state index contributed by atoms with van der Waals surface area (Å²) < 4.78 is 24.6. The van der Waals surface area contributed by atoms with Crippen LogP contribution in [0.3, 0.4) is 0 Å². The lowest BCUT2D eigenvalue weighted by Gasteiger charge is -2.09. The highest BCUT2D eigenvalue weighted by molar-refractivity contribution is 7.92. The van der Waals surface area contributed by atoms with Crippen LogP contribution in [0.1, 0.15) is 15.9 Å². The molecule has 2 aromatic rings. The molecule has 116 valence electrons. The highest BCUT2D eigenvalue weighted by atomic mass is 35.5. The molecule has 0 saturated heterocycles. The average molecular weight is 339 g/mol. The zero-order valence-corrected chi connectivity index (χ0v) is 13.6. The first-order valence-electron chi connectivity index (χ1n) is 6.40. The molecule has 0 atom stereocenters. The maximum atomic E-state index is 12.2. The largest absolute Gasteiger partial charge is 0.322 e. The van der Waals surface area contributed by atoms with Crippen LogP contribution >= 0.6 is 11.6 Å². The summed E-state index contributed by atoms with van der Waals surface area (Å²) in [7, 11) is -3.39. The number of halogens is 1. The van der Waals surface area contributed by atoms with E-state index in [1.807, 2.05) is 25.1 Å². The molecule has 22 heavy (non-hydrogen) atoms. The summed E-state index contributed by atoms with van der Waals surface area (Å²) in [6.45, 7) is 1.92. The fraction of sp³-hybridized carbons (Fsp3) is 0.133. The minimum atomic E-state index is -3.39. The first-order valence-corrected chi connectivity index (χ1v) is 8.67. The van der Waals surface area contributed by atoms with Crippen molar-refractivity contribution in [2.75, 3.05) is 16.3 Å². The molecular weight excluding hydrogens is 324 g/mol. The van der Waals surface area contributed by atoms with Crippen molar-refractivity contribution in [3.8, 4) is 0 Å². The first kappa shape index (κ1) is 16.3. The van der Waals surface area contributed by atoms with Crippen LogP contribution in [-0.2, 0) is 10.0 Å². The fourth-order valence-electron chi connectivity index (χ4n) is 1.90. The van der Waals surface area contributed by atoms with E-state index in [0.29, 0.717) is 11.4 Å². The zero-order valence-electron chi connectivity index (χ0n) is 12.1. The van der Waals surface area contributed by atoms with Gasteiger partial charge in [-0.2, -0.15) is 0 Å². The molecule has 5 nitrogen and oxygen atoms in total. The quantitative estimate of drug-likeness (QED) is 0.898. The lowest BCUT2D eigenvalue weighted by Crippen LogP contribution is -2.13. The van der Waals surface area contributed by atoms with Gasteiger partial charge in [-0.15, -0.1) is 0 Å². The van der Waals surface area contributed by atoms with Gasteiger partial charge in [0.25, 0.3) is 5.91 Å². The Labute approximate surface area is 134 Å². The van der Waals surface area contributed by atoms with E-state index in [4.69, 9.17) is 11.6 Å². The van der Waals surface area contributed by atoms with Gasteiger partial charge in [0.1, 0.15) is 0 Å². The molecule has 0 heterocycles. The molecule has 0 aliphatic heterocycles. The Kier molecular flexibility index (Phi) is 4.73. The Bertz CT molecular complexity index is 819. The van der Waals surface area contributed by atoms with Gasteiger partial charge in [0, 0.05) is 11.4 Å². The third kappa shape index (κ3) is 4.47. The molecule has 2 N–H and O–H groups in total. The van der Waals surface area contributed by atoms with E-state index in [1.54, 1.807) is 6.07 Å². The molecule has 0 bridgehead atoms. The molecule has 0 spiro atoms. The number of hydrogen-bond donors (Lipinski definition) is 2. The van der Waals surface area contributed by atoms with Crippen molar-refractivity contribution in [2.24, 2.45) is 0 Å². The van der Waals surface area contributed by atoms with Crippen molar-refractivity contribution >= 4 is 38.9 Å². The Hall–Kier alpha value is -2.05. The first-order chi connectivity index (χ1) is 10.2. The van der Waals surface area contributed by atoms with Gasteiger partial charge in [-0.3, -0.25) is 9.52 Å². The van der Waals surface area contributed by atoms with Gasteiger partial charge < -0.3 is 5.32 Å². The van der Waals surface area contributed by atoms with Crippen molar-refractivity contribution in [1.29, 1.82) is 0 Å². The predicted molar refractivity (Wildman–Crippen MR) is 89.1 cm³/mol. The standard InChI is InChI=1S/C15H15ClN2O3S/c1-10-4-3-5-11(8-10)17-15(19)13-7-6-12(9-14(13)16)18-22(2,20)21/h3-9,18H,1-2H3,(H,17,19). The number of amides is 1. The van der Waals surface area contributed by atoms with Crippen LogP contribution in [0.25, 0.3) is 0 Å². The third-order valence-corrected chi connectivity index (χ3v) is 3.71. The third-order valence-electron chi connectivity index (χ3n) is 2.79. The van der Waals surface area contributed by atoms with Crippen LogP contribution in [0.4, 0.5) is 11.4 Å². The van der Waals surface area contributed by atoms with Crippen LogP contribution in [-0.4, -0.2) is 20.6 Å². The van der Waals surface area contributed by atoms with Crippen molar-refractivity contribution in [3.05, 3.63) is 58.6 Å². The summed E-state index contributed by atoms with van der Waals surface area (Å²) in [5.74, 6) is -0.360. The minimum Gasteiger partial charge on any atom is -0.322 e. The second kappa shape index (κ2) is 6.37. The number of carbonyl (C=O) groups excluding carboxylic acids is 1. The van der Waals surface area contributed by atoms with Crippen molar-refractivity contribution in [2.45, 2.75) is 6.92 Å². The molecule has 0 aliphatic carbocycles. The number of carbonyl (C=O) groups is 1. The van der Waals surface area contributed by atoms with E-state index in [0.717, 1.165) is 11.8 Å². The normalized spacial score (nSPS) is 11.0. The van der Waals surface area contributed by atoms with Crippen LogP contribution in [0.2, 0.25) is 5.02 Å². The van der Waals surface area contributed by atoms with Gasteiger partial charge >= 0.3 is 0 Å². The number of nitrogens with one attached hydrogen (secondary N) is 2. The average Bonchev–Trinajstić information content (AvgIpc) is 2.36. The zero-order chi connectivity index (χ0) is 16.3. The fourth-order valence-corrected chi connectivity index (χ4v) is 2.72. The van der Waals surface area contributed by atoms with Crippen molar-refractivity contribution < 1.29 is 13.2 Å². The van der Waals surface area contributed by atoms with E-state index in [1.165, 1.54) is 18.2 Å². The van der Waals surface area contributed by atoms with Gasteiger partial charge in [0.15, 0.2) is 0 Å². The highest BCUT2D eigenvalue weighted by Crippen LogP contribution is 2.23. The van der Waals surface area contributed by atoms with E-state index in [9.17, 15) is 13.2 Å². The Morgan fingerprint density at radius 2 is 1.82 bits per heavy atom. The Balaban J connectivity index is 2.20. The predicted octanol–water partition coefficient (Wildman–Crippen LogP) is 3.27. The van der Waals surface area contributed by atoms with Crippen LogP contribution in [0.15, 0.2) is 42.5 Å². The van der Waals surface area contributed by atoms with Crippen LogP contribution in [0, 0.1) is 6.92 Å². The number of anilines is 2. The number of rotatable bonds is 4. The van der Waals surface area contributed by atoms with E-state index in [2.05, 4.69) is 10.0 Å². The molecule has 2 aromatic carbocycles.